The summed E-state index contributed by atoms with van der Waals surface area (Å²) < 4.78 is 20.5. The normalized spacial score (nSPS) is 10.9. The Morgan fingerprint density at radius 1 is 1.35 bits per heavy atom. The van der Waals surface area contributed by atoms with Crippen molar-refractivity contribution in [2.45, 2.75) is 26.5 Å². The Kier molecular flexibility index (Phi) is 4.41. The van der Waals surface area contributed by atoms with Gasteiger partial charge < -0.3 is 14.8 Å². The van der Waals surface area contributed by atoms with E-state index in [-0.39, 0.29) is 23.9 Å². The van der Waals surface area contributed by atoms with Crippen LogP contribution < -0.4 is 10.2 Å². The van der Waals surface area contributed by atoms with Gasteiger partial charge >= 0.3 is 7.12 Å². The summed E-state index contributed by atoms with van der Waals surface area (Å²) in [6.45, 7) is 4.21. The number of benzene rings is 1. The van der Waals surface area contributed by atoms with Crippen LogP contribution in [0.4, 0.5) is 4.39 Å². The van der Waals surface area contributed by atoms with Crippen molar-refractivity contribution in [2.75, 3.05) is 0 Å². The minimum atomic E-state index is -1.73. The highest BCUT2D eigenvalue weighted by Crippen LogP contribution is 2.13. The largest absolute Gasteiger partial charge is 0.488 e. The van der Waals surface area contributed by atoms with Crippen molar-refractivity contribution < 1.29 is 19.2 Å². The molecule has 0 aliphatic rings. The smallest absolute Gasteiger partial charge is 0.487 e. The molecule has 1 aromatic carbocycles. The van der Waals surface area contributed by atoms with E-state index in [1.54, 1.807) is 4.68 Å². The molecule has 0 atom stereocenters. The van der Waals surface area contributed by atoms with E-state index in [0.717, 1.165) is 6.07 Å². The lowest BCUT2D eigenvalue weighted by Crippen LogP contribution is -2.30. The van der Waals surface area contributed by atoms with Gasteiger partial charge in [0.15, 0.2) is 0 Å². The molecule has 106 valence electrons. The molecular formula is C13H16BFN2O3. The fraction of sp³-hybridized carbons (Fsp3) is 0.308. The lowest BCUT2D eigenvalue weighted by atomic mass is 9.80. The van der Waals surface area contributed by atoms with Crippen molar-refractivity contribution in [2.24, 2.45) is 0 Å². The Hall–Kier alpha value is -1.86. The van der Waals surface area contributed by atoms with Crippen LogP contribution in [0.5, 0.6) is 5.75 Å². The molecule has 20 heavy (non-hydrogen) atoms. The molecule has 2 N–H and O–H groups in total. The van der Waals surface area contributed by atoms with Crippen LogP contribution >= 0.6 is 0 Å². The summed E-state index contributed by atoms with van der Waals surface area (Å²) in [5, 5.41) is 22.4. The van der Waals surface area contributed by atoms with Crippen LogP contribution in [0.3, 0.4) is 0 Å². The van der Waals surface area contributed by atoms with Crippen molar-refractivity contribution >= 4 is 12.6 Å². The summed E-state index contributed by atoms with van der Waals surface area (Å²) in [4.78, 5) is 0. The van der Waals surface area contributed by atoms with Gasteiger partial charge in [0.25, 0.3) is 0 Å². The van der Waals surface area contributed by atoms with Crippen molar-refractivity contribution in [3.63, 3.8) is 0 Å². The maximum atomic E-state index is 13.3. The van der Waals surface area contributed by atoms with Crippen LogP contribution in [0.1, 0.15) is 25.6 Å². The molecule has 0 bridgehead atoms. The van der Waals surface area contributed by atoms with Gasteiger partial charge in [0, 0.05) is 18.3 Å². The Labute approximate surface area is 116 Å². The number of hydrogen-bond acceptors (Lipinski definition) is 4. The van der Waals surface area contributed by atoms with E-state index in [2.05, 4.69) is 5.10 Å². The standard InChI is InChI=1S/C13H16BFN2O3/c1-9(2)17-4-3-12(16-17)8-20-13-6-10(14(18)19)5-11(15)7-13/h3-7,9,18-19H,8H2,1-2H3. The topological polar surface area (TPSA) is 67.5 Å². The summed E-state index contributed by atoms with van der Waals surface area (Å²) >= 11 is 0. The molecule has 0 saturated heterocycles. The average Bonchev–Trinajstić information content (AvgIpc) is 2.84. The second-order valence-corrected chi connectivity index (χ2v) is 4.76. The first-order valence-electron chi connectivity index (χ1n) is 6.29. The number of halogens is 1. The lowest BCUT2D eigenvalue weighted by Gasteiger charge is -2.08. The number of hydrogen-bond donors (Lipinski definition) is 2. The molecule has 0 spiro atoms. The summed E-state index contributed by atoms with van der Waals surface area (Å²) in [5.41, 5.74) is 0.766. The Balaban J connectivity index is 2.06. The van der Waals surface area contributed by atoms with Gasteiger partial charge in [0.05, 0.1) is 5.69 Å². The van der Waals surface area contributed by atoms with Gasteiger partial charge in [0.2, 0.25) is 0 Å². The molecular weight excluding hydrogens is 262 g/mol. The number of rotatable bonds is 5. The predicted molar refractivity (Wildman–Crippen MR) is 73.2 cm³/mol. The molecule has 0 unspecified atom stereocenters. The minimum absolute atomic E-state index is 0.0488. The van der Waals surface area contributed by atoms with Gasteiger partial charge in [0.1, 0.15) is 18.2 Å². The summed E-state index contributed by atoms with van der Waals surface area (Å²) in [7, 11) is -1.73. The lowest BCUT2D eigenvalue weighted by molar-refractivity contribution is 0.297. The highest BCUT2D eigenvalue weighted by atomic mass is 19.1. The Morgan fingerprint density at radius 2 is 2.10 bits per heavy atom. The third kappa shape index (κ3) is 3.58. The van der Waals surface area contributed by atoms with Gasteiger partial charge in [-0.1, -0.05) is 0 Å². The zero-order chi connectivity index (χ0) is 14.7. The fourth-order valence-electron chi connectivity index (χ4n) is 1.72. The SMILES string of the molecule is CC(C)n1ccc(COc2cc(F)cc(B(O)O)c2)n1. The molecule has 7 heteroatoms. The van der Waals surface area contributed by atoms with Crippen molar-refractivity contribution in [3.8, 4) is 5.75 Å². The highest BCUT2D eigenvalue weighted by Gasteiger charge is 2.14. The molecule has 0 amide bonds. The zero-order valence-corrected chi connectivity index (χ0v) is 11.3. The first-order valence-corrected chi connectivity index (χ1v) is 6.29. The number of ether oxygens (including phenoxy) is 1. The van der Waals surface area contributed by atoms with Crippen molar-refractivity contribution in [3.05, 3.63) is 42.0 Å². The third-order valence-electron chi connectivity index (χ3n) is 2.77. The molecule has 2 rings (SSSR count). The van der Waals surface area contributed by atoms with Crippen LogP contribution in [0.15, 0.2) is 30.5 Å². The molecule has 0 radical (unpaired) electrons. The van der Waals surface area contributed by atoms with Crippen LogP contribution in [-0.2, 0) is 6.61 Å². The first kappa shape index (κ1) is 14.6. The predicted octanol–water partition coefficient (Wildman–Crippen LogP) is 0.862. The van der Waals surface area contributed by atoms with Crippen molar-refractivity contribution in [1.82, 2.24) is 9.78 Å². The Morgan fingerprint density at radius 3 is 2.70 bits per heavy atom. The zero-order valence-electron chi connectivity index (χ0n) is 11.3. The van der Waals surface area contributed by atoms with Gasteiger partial charge in [-0.05, 0) is 37.5 Å². The molecule has 0 fully saturated rings. The van der Waals surface area contributed by atoms with E-state index in [1.165, 1.54) is 12.1 Å². The summed E-state index contributed by atoms with van der Waals surface area (Å²) in [6.07, 6.45) is 1.85. The molecule has 1 heterocycles. The quantitative estimate of drug-likeness (QED) is 0.796. The highest BCUT2D eigenvalue weighted by molar-refractivity contribution is 6.58. The number of nitrogens with zero attached hydrogens (tertiary/aromatic N) is 2. The summed E-state index contributed by atoms with van der Waals surface area (Å²) in [6, 6.07) is 5.69. The maximum Gasteiger partial charge on any atom is 0.488 e. The van der Waals surface area contributed by atoms with E-state index in [0.29, 0.717) is 5.69 Å². The van der Waals surface area contributed by atoms with E-state index in [9.17, 15) is 4.39 Å². The molecule has 0 aliphatic carbocycles. The van der Waals surface area contributed by atoms with E-state index < -0.39 is 12.9 Å². The summed E-state index contributed by atoms with van der Waals surface area (Å²) in [5.74, 6) is -0.356. The van der Waals surface area contributed by atoms with Crippen LogP contribution in [0.25, 0.3) is 0 Å². The van der Waals surface area contributed by atoms with Gasteiger partial charge in [-0.2, -0.15) is 5.10 Å². The average molecular weight is 278 g/mol. The third-order valence-corrected chi connectivity index (χ3v) is 2.77. The molecule has 5 nitrogen and oxygen atoms in total. The van der Waals surface area contributed by atoms with Crippen molar-refractivity contribution in [1.29, 1.82) is 0 Å². The van der Waals surface area contributed by atoms with Crippen LogP contribution in [-0.4, -0.2) is 26.9 Å². The van der Waals surface area contributed by atoms with E-state index >= 15 is 0 Å². The molecule has 2 aromatic rings. The Bertz CT molecular complexity index is 587. The first-order chi connectivity index (χ1) is 9.45. The molecule has 0 saturated carbocycles. The monoisotopic (exact) mass is 278 g/mol. The van der Waals surface area contributed by atoms with Crippen LogP contribution in [0, 0.1) is 5.82 Å². The second-order valence-electron chi connectivity index (χ2n) is 4.76. The van der Waals surface area contributed by atoms with E-state index in [1.807, 2.05) is 26.1 Å². The van der Waals surface area contributed by atoms with Gasteiger partial charge in [-0.3, -0.25) is 4.68 Å². The second kappa shape index (κ2) is 6.07. The van der Waals surface area contributed by atoms with Crippen LogP contribution in [0.2, 0.25) is 0 Å². The van der Waals surface area contributed by atoms with E-state index in [4.69, 9.17) is 14.8 Å². The molecule has 0 aliphatic heterocycles. The van der Waals surface area contributed by atoms with Gasteiger partial charge in [-0.15, -0.1) is 0 Å². The van der Waals surface area contributed by atoms with Gasteiger partial charge in [-0.25, -0.2) is 4.39 Å². The number of aromatic nitrogens is 2. The molecule has 1 aromatic heterocycles. The minimum Gasteiger partial charge on any atom is -0.487 e. The fourth-order valence-corrected chi connectivity index (χ4v) is 1.72. The maximum absolute atomic E-state index is 13.3.